The van der Waals surface area contributed by atoms with Crippen molar-refractivity contribution in [1.29, 1.82) is 0 Å². The van der Waals surface area contributed by atoms with E-state index in [-0.39, 0.29) is 23.4 Å². The van der Waals surface area contributed by atoms with Crippen LogP contribution in [0.4, 0.5) is 10.2 Å². The molecule has 116 valence electrons. The molecule has 4 atom stereocenters. The van der Waals surface area contributed by atoms with Crippen LogP contribution in [0.2, 0.25) is 0 Å². The molecular weight excluding hydrogens is 293 g/mol. The number of halogens is 1. The molecule has 1 aliphatic heterocycles. The Morgan fingerprint density at radius 2 is 2.36 bits per heavy atom. The monoisotopic (exact) mass is 307 g/mol. The number of anilines is 1. The zero-order valence-electron chi connectivity index (χ0n) is 11.6. The normalized spacial score (nSPS) is 29.6. The molecule has 4 N–H and O–H groups in total. The van der Waals surface area contributed by atoms with Gasteiger partial charge in [0.15, 0.2) is 22.6 Å². The van der Waals surface area contributed by atoms with Gasteiger partial charge in [0.05, 0.1) is 12.4 Å². The standard InChI is InChI=1S/C13H14FN5O3/c1-3-13(6(2)20)7(21)4-8(22-13)19-5-16-9-10(15)17-12(14)18-11(9)19/h1,5-8,20-21H,4H2,2H3,(H2,15,17,18)/t6?,7-,8+,13+/m0/s1. The van der Waals surface area contributed by atoms with E-state index in [0.29, 0.717) is 0 Å². The number of hydrogen-bond acceptors (Lipinski definition) is 7. The van der Waals surface area contributed by atoms with Crippen molar-refractivity contribution < 1.29 is 19.3 Å². The molecule has 9 heteroatoms. The number of aliphatic hydroxyl groups excluding tert-OH is 2. The van der Waals surface area contributed by atoms with Gasteiger partial charge in [-0.1, -0.05) is 5.92 Å². The topological polar surface area (TPSA) is 119 Å². The number of rotatable bonds is 2. The number of ether oxygens (including phenoxy) is 1. The molecule has 3 rings (SSSR count). The van der Waals surface area contributed by atoms with Gasteiger partial charge in [-0.2, -0.15) is 14.4 Å². The molecule has 0 saturated carbocycles. The van der Waals surface area contributed by atoms with Gasteiger partial charge >= 0.3 is 6.08 Å². The molecule has 0 aromatic carbocycles. The van der Waals surface area contributed by atoms with Crippen molar-refractivity contribution in [3.05, 3.63) is 12.4 Å². The highest BCUT2D eigenvalue weighted by molar-refractivity contribution is 5.81. The molecule has 1 fully saturated rings. The maximum Gasteiger partial charge on any atom is 0.312 e. The number of hydrogen-bond donors (Lipinski definition) is 3. The first-order chi connectivity index (χ1) is 10.4. The molecule has 0 aliphatic carbocycles. The van der Waals surface area contributed by atoms with Crippen molar-refractivity contribution in [2.75, 3.05) is 5.73 Å². The Balaban J connectivity index is 2.06. The Labute approximate surface area is 124 Å². The van der Waals surface area contributed by atoms with E-state index in [1.807, 2.05) is 0 Å². The van der Waals surface area contributed by atoms with Crippen LogP contribution in [0.15, 0.2) is 6.33 Å². The Morgan fingerprint density at radius 1 is 1.64 bits per heavy atom. The number of nitrogen functional groups attached to an aromatic ring is 1. The second-order valence-electron chi connectivity index (χ2n) is 5.14. The highest BCUT2D eigenvalue weighted by Gasteiger charge is 2.51. The van der Waals surface area contributed by atoms with Gasteiger partial charge in [0.2, 0.25) is 0 Å². The Hall–Kier alpha value is -2.28. The summed E-state index contributed by atoms with van der Waals surface area (Å²) in [6.45, 7) is 1.43. The molecule has 2 aromatic heterocycles. The fourth-order valence-electron chi connectivity index (χ4n) is 2.64. The summed E-state index contributed by atoms with van der Waals surface area (Å²) in [6.07, 6.45) is 2.90. The van der Waals surface area contributed by atoms with Crippen LogP contribution in [0.1, 0.15) is 19.6 Å². The summed E-state index contributed by atoms with van der Waals surface area (Å²) in [5.41, 5.74) is 4.39. The molecule has 8 nitrogen and oxygen atoms in total. The minimum Gasteiger partial charge on any atom is -0.389 e. The predicted molar refractivity (Wildman–Crippen MR) is 73.7 cm³/mol. The fraction of sp³-hybridized carbons (Fsp3) is 0.462. The average molecular weight is 307 g/mol. The van der Waals surface area contributed by atoms with Gasteiger partial charge < -0.3 is 20.7 Å². The van der Waals surface area contributed by atoms with Gasteiger partial charge in [0.1, 0.15) is 12.3 Å². The summed E-state index contributed by atoms with van der Waals surface area (Å²) < 4.78 is 20.4. The van der Waals surface area contributed by atoms with Crippen LogP contribution >= 0.6 is 0 Å². The van der Waals surface area contributed by atoms with E-state index in [0.717, 1.165) is 0 Å². The van der Waals surface area contributed by atoms with Gasteiger partial charge in [-0.25, -0.2) is 4.98 Å². The molecular formula is C13H14FN5O3. The summed E-state index contributed by atoms with van der Waals surface area (Å²) in [5.74, 6) is 2.20. The van der Waals surface area contributed by atoms with E-state index in [9.17, 15) is 14.6 Å². The third-order valence-electron chi connectivity index (χ3n) is 3.83. The van der Waals surface area contributed by atoms with E-state index < -0.39 is 30.1 Å². The van der Waals surface area contributed by atoms with Gasteiger partial charge in [-0.05, 0) is 6.92 Å². The van der Waals surface area contributed by atoms with Crippen LogP contribution in [-0.2, 0) is 4.74 Å². The number of fused-ring (bicyclic) bond motifs is 1. The predicted octanol–water partition coefficient (Wildman–Crippen LogP) is -0.420. The van der Waals surface area contributed by atoms with Gasteiger partial charge in [-0.15, -0.1) is 6.42 Å². The summed E-state index contributed by atoms with van der Waals surface area (Å²) in [6, 6.07) is 0. The van der Waals surface area contributed by atoms with Crippen LogP contribution in [-0.4, -0.2) is 47.5 Å². The zero-order chi connectivity index (χ0) is 16.1. The summed E-state index contributed by atoms with van der Waals surface area (Å²) in [4.78, 5) is 11.1. The van der Waals surface area contributed by atoms with Crippen molar-refractivity contribution in [3.8, 4) is 12.3 Å². The van der Waals surface area contributed by atoms with Crippen LogP contribution in [0.5, 0.6) is 0 Å². The molecule has 0 spiro atoms. The maximum absolute atomic E-state index is 13.4. The number of imidazole rings is 1. The lowest BCUT2D eigenvalue weighted by Gasteiger charge is -2.29. The zero-order valence-corrected chi connectivity index (χ0v) is 11.6. The largest absolute Gasteiger partial charge is 0.389 e. The first kappa shape index (κ1) is 14.6. The minimum atomic E-state index is -1.54. The summed E-state index contributed by atoms with van der Waals surface area (Å²) in [7, 11) is 0. The lowest BCUT2D eigenvalue weighted by atomic mass is 9.92. The summed E-state index contributed by atoms with van der Waals surface area (Å²) in [5, 5.41) is 20.0. The lowest BCUT2D eigenvalue weighted by molar-refractivity contribution is -0.121. The number of aliphatic hydroxyl groups is 2. The van der Waals surface area contributed by atoms with E-state index in [1.54, 1.807) is 0 Å². The number of terminal acetylenes is 1. The van der Waals surface area contributed by atoms with Crippen LogP contribution in [0, 0.1) is 18.4 Å². The van der Waals surface area contributed by atoms with Gasteiger partial charge in [0.25, 0.3) is 0 Å². The molecule has 2 aromatic rings. The van der Waals surface area contributed by atoms with E-state index >= 15 is 0 Å². The lowest BCUT2D eigenvalue weighted by Crippen LogP contribution is -2.47. The van der Waals surface area contributed by atoms with Crippen molar-refractivity contribution in [2.24, 2.45) is 0 Å². The van der Waals surface area contributed by atoms with Gasteiger partial charge in [-0.3, -0.25) is 4.57 Å². The molecule has 0 amide bonds. The van der Waals surface area contributed by atoms with Gasteiger partial charge in [0, 0.05) is 6.42 Å². The molecule has 1 saturated heterocycles. The fourth-order valence-corrected chi connectivity index (χ4v) is 2.64. The second kappa shape index (κ2) is 4.88. The number of nitrogens with two attached hydrogens (primary N) is 1. The van der Waals surface area contributed by atoms with Crippen LogP contribution < -0.4 is 5.73 Å². The Kier molecular flexibility index (Phi) is 3.25. The Morgan fingerprint density at radius 3 is 2.95 bits per heavy atom. The second-order valence-corrected chi connectivity index (χ2v) is 5.14. The Bertz CT molecular complexity index is 771. The molecule has 0 radical (unpaired) electrons. The first-order valence-corrected chi connectivity index (χ1v) is 6.56. The highest BCUT2D eigenvalue weighted by Crippen LogP contribution is 2.39. The quantitative estimate of drug-likeness (QED) is 0.509. The van der Waals surface area contributed by atoms with Crippen molar-refractivity contribution in [1.82, 2.24) is 19.5 Å². The van der Waals surface area contributed by atoms with Crippen LogP contribution in [0.25, 0.3) is 11.2 Å². The minimum absolute atomic E-state index is 0.0894. The van der Waals surface area contributed by atoms with Crippen molar-refractivity contribution in [2.45, 2.75) is 37.4 Å². The van der Waals surface area contributed by atoms with Crippen LogP contribution in [0.3, 0.4) is 0 Å². The van der Waals surface area contributed by atoms with Crippen molar-refractivity contribution >= 4 is 17.0 Å². The number of nitrogens with zero attached hydrogens (tertiary/aromatic N) is 4. The third kappa shape index (κ3) is 1.93. The number of aromatic nitrogens is 4. The summed E-state index contributed by atoms with van der Waals surface area (Å²) >= 11 is 0. The smallest absolute Gasteiger partial charge is 0.312 e. The third-order valence-corrected chi connectivity index (χ3v) is 3.83. The molecule has 3 heterocycles. The van der Waals surface area contributed by atoms with E-state index in [2.05, 4.69) is 20.9 Å². The molecule has 0 bridgehead atoms. The maximum atomic E-state index is 13.4. The molecule has 1 unspecified atom stereocenters. The SMILES string of the molecule is C#C[C@]1(C(C)O)O[C@@H](n2cnc3c(N)nc(F)nc32)C[C@@H]1O. The molecule has 22 heavy (non-hydrogen) atoms. The van der Waals surface area contributed by atoms with E-state index in [1.165, 1.54) is 17.8 Å². The molecule has 1 aliphatic rings. The van der Waals surface area contributed by atoms with E-state index in [4.69, 9.17) is 16.9 Å². The first-order valence-electron chi connectivity index (χ1n) is 6.56. The highest BCUT2D eigenvalue weighted by atomic mass is 19.1. The average Bonchev–Trinajstić information content (AvgIpc) is 3.00. The van der Waals surface area contributed by atoms with Crippen molar-refractivity contribution in [3.63, 3.8) is 0 Å².